The third kappa shape index (κ3) is 37.4. The summed E-state index contributed by atoms with van der Waals surface area (Å²) in [4.78, 5) is 34.5. The van der Waals surface area contributed by atoms with Gasteiger partial charge in [0.05, 0.1) is 26.4 Å². The van der Waals surface area contributed by atoms with Crippen molar-refractivity contribution in [1.82, 2.24) is 0 Å². The highest BCUT2D eigenvalue weighted by Crippen LogP contribution is 2.43. The predicted molar refractivity (Wildman–Crippen MR) is 219 cm³/mol. The van der Waals surface area contributed by atoms with Gasteiger partial charge in [0.2, 0.25) is 0 Å². The molecule has 0 aromatic carbocycles. The summed E-state index contributed by atoms with van der Waals surface area (Å²) in [7, 11) is -4.63. The van der Waals surface area contributed by atoms with Gasteiger partial charge in [0.15, 0.2) is 0 Å². The molecule has 0 aliphatic rings. The summed E-state index contributed by atoms with van der Waals surface area (Å²) < 4.78 is 32.5. The van der Waals surface area contributed by atoms with E-state index in [1.54, 1.807) is 0 Å². The molecule has 11 heteroatoms. The molecule has 3 atom stereocenters. The fourth-order valence-corrected chi connectivity index (χ4v) is 6.77. The SMILES string of the molecule is CCCCC/C=C\CCCCCCCC(=O)OC(CO)COP(=O)(O)OCC(CO)OC(=O)CCCCCCCCCCC/C=C\CCCCCCCC. The van der Waals surface area contributed by atoms with Crippen LogP contribution in [0.15, 0.2) is 24.3 Å². The average molecular weight is 789 g/mol. The number of allylic oxidation sites excluding steroid dienone is 4. The highest BCUT2D eigenvalue weighted by molar-refractivity contribution is 7.47. The zero-order chi connectivity index (χ0) is 39.8. The molecule has 0 amide bonds. The molecule has 0 saturated carbocycles. The lowest BCUT2D eigenvalue weighted by Gasteiger charge is -2.20. The van der Waals surface area contributed by atoms with E-state index in [1.165, 1.54) is 103 Å². The van der Waals surface area contributed by atoms with E-state index in [1.807, 2.05) is 0 Å². The van der Waals surface area contributed by atoms with Crippen LogP contribution in [-0.2, 0) is 32.7 Å². The van der Waals surface area contributed by atoms with Gasteiger partial charge < -0.3 is 24.6 Å². The Labute approximate surface area is 329 Å². The second-order valence-electron chi connectivity index (χ2n) is 14.7. The van der Waals surface area contributed by atoms with Crippen LogP contribution < -0.4 is 0 Å². The Morgan fingerprint density at radius 2 is 0.759 bits per heavy atom. The Bertz CT molecular complexity index is 957. The fraction of sp³-hybridized carbons (Fsp3) is 0.860. The molecule has 0 spiro atoms. The Morgan fingerprint density at radius 1 is 0.481 bits per heavy atom. The molecule has 3 unspecified atom stereocenters. The smallest absolute Gasteiger partial charge is 0.457 e. The maximum Gasteiger partial charge on any atom is 0.472 e. The predicted octanol–water partition coefficient (Wildman–Crippen LogP) is 11.4. The average Bonchev–Trinajstić information content (AvgIpc) is 3.16. The van der Waals surface area contributed by atoms with Crippen molar-refractivity contribution < 1.29 is 47.8 Å². The summed E-state index contributed by atoms with van der Waals surface area (Å²) in [6.45, 7) is 2.18. The van der Waals surface area contributed by atoms with Gasteiger partial charge in [-0.05, 0) is 64.2 Å². The van der Waals surface area contributed by atoms with Gasteiger partial charge in [-0.3, -0.25) is 18.6 Å². The molecule has 10 nitrogen and oxygen atoms in total. The molecule has 0 aromatic rings. The van der Waals surface area contributed by atoms with Crippen LogP contribution in [0.25, 0.3) is 0 Å². The lowest BCUT2D eigenvalue weighted by atomic mass is 10.1. The van der Waals surface area contributed by atoms with E-state index in [9.17, 15) is 29.3 Å². The maximum absolute atomic E-state index is 12.3. The number of esters is 2. The minimum atomic E-state index is -4.63. The minimum Gasteiger partial charge on any atom is -0.457 e. The van der Waals surface area contributed by atoms with Gasteiger partial charge in [-0.25, -0.2) is 4.57 Å². The molecule has 0 heterocycles. The Kier molecular flexibility index (Phi) is 38.5. The van der Waals surface area contributed by atoms with Gasteiger partial charge in [0.25, 0.3) is 0 Å². The van der Waals surface area contributed by atoms with Crippen molar-refractivity contribution in [3.63, 3.8) is 0 Å². The molecule has 0 aromatic heterocycles. The Morgan fingerprint density at radius 3 is 1.09 bits per heavy atom. The van der Waals surface area contributed by atoms with E-state index < -0.39 is 58.4 Å². The first kappa shape index (κ1) is 52.5. The molecular weight excluding hydrogens is 707 g/mol. The number of hydrogen-bond acceptors (Lipinski definition) is 9. The normalized spacial score (nSPS) is 14.1. The number of ether oxygens (including phenoxy) is 2. The van der Waals surface area contributed by atoms with Crippen molar-refractivity contribution >= 4 is 19.8 Å². The van der Waals surface area contributed by atoms with Gasteiger partial charge in [-0.15, -0.1) is 0 Å². The van der Waals surface area contributed by atoms with Gasteiger partial charge in [-0.1, -0.05) is 147 Å². The summed E-state index contributed by atoms with van der Waals surface area (Å²) >= 11 is 0. The van der Waals surface area contributed by atoms with E-state index in [0.717, 1.165) is 57.8 Å². The zero-order valence-electron chi connectivity index (χ0n) is 34.4. The van der Waals surface area contributed by atoms with Crippen LogP contribution in [0.5, 0.6) is 0 Å². The van der Waals surface area contributed by atoms with E-state index in [0.29, 0.717) is 12.8 Å². The van der Waals surface area contributed by atoms with Crippen molar-refractivity contribution in [1.29, 1.82) is 0 Å². The lowest BCUT2D eigenvalue weighted by Crippen LogP contribution is -2.28. The number of aliphatic hydroxyl groups excluding tert-OH is 2. The Balaban J connectivity index is 3.90. The van der Waals surface area contributed by atoms with E-state index in [-0.39, 0.29) is 12.8 Å². The standard InChI is InChI=1S/C43H81O10P/c1-3-5-7-9-11-13-15-17-18-19-20-21-22-23-25-27-29-31-33-35-43(47)53-41(37-45)39-51-54(48,49)50-38-40(36-44)52-42(46)34-32-30-28-26-24-16-14-12-10-8-6-4-2/h12,14,17-18,40-41,44-45H,3-11,13,15-16,19-39H2,1-2H3,(H,48,49)/b14-12-,18-17-. The molecular formula is C43H81O10P. The number of phosphoric ester groups is 1. The van der Waals surface area contributed by atoms with Gasteiger partial charge in [0.1, 0.15) is 12.2 Å². The first-order valence-corrected chi connectivity index (χ1v) is 23.3. The molecule has 0 fully saturated rings. The summed E-state index contributed by atoms with van der Waals surface area (Å²) in [5.41, 5.74) is 0. The van der Waals surface area contributed by atoms with Crippen LogP contribution in [-0.4, -0.2) is 65.7 Å². The highest BCUT2D eigenvalue weighted by Gasteiger charge is 2.27. The number of phosphoric acid groups is 1. The van der Waals surface area contributed by atoms with Gasteiger partial charge in [0, 0.05) is 12.8 Å². The number of unbranched alkanes of at least 4 members (excludes halogenated alkanes) is 23. The molecule has 0 rings (SSSR count). The van der Waals surface area contributed by atoms with Crippen LogP contribution in [0.3, 0.4) is 0 Å². The first-order valence-electron chi connectivity index (χ1n) is 21.8. The van der Waals surface area contributed by atoms with Crippen LogP contribution in [0.2, 0.25) is 0 Å². The van der Waals surface area contributed by atoms with Crippen molar-refractivity contribution in [2.24, 2.45) is 0 Å². The number of carbonyl (C=O) groups is 2. The molecule has 318 valence electrons. The molecule has 0 saturated heterocycles. The van der Waals surface area contributed by atoms with Crippen LogP contribution in [0.4, 0.5) is 0 Å². The van der Waals surface area contributed by atoms with Gasteiger partial charge >= 0.3 is 19.8 Å². The molecule has 3 N–H and O–H groups in total. The number of aliphatic hydroxyl groups is 2. The molecule has 0 radical (unpaired) electrons. The second kappa shape index (κ2) is 39.7. The van der Waals surface area contributed by atoms with Gasteiger partial charge in [-0.2, -0.15) is 0 Å². The van der Waals surface area contributed by atoms with Crippen LogP contribution in [0.1, 0.15) is 200 Å². The molecule has 0 aliphatic carbocycles. The van der Waals surface area contributed by atoms with Crippen molar-refractivity contribution in [2.75, 3.05) is 26.4 Å². The second-order valence-corrected chi connectivity index (χ2v) is 16.1. The fourth-order valence-electron chi connectivity index (χ4n) is 5.99. The highest BCUT2D eigenvalue weighted by atomic mass is 31.2. The molecule has 0 bridgehead atoms. The summed E-state index contributed by atoms with van der Waals surface area (Å²) in [5, 5.41) is 19.1. The number of rotatable bonds is 41. The third-order valence-electron chi connectivity index (χ3n) is 9.39. The quantitative estimate of drug-likeness (QED) is 0.0236. The molecule has 54 heavy (non-hydrogen) atoms. The largest absolute Gasteiger partial charge is 0.472 e. The maximum atomic E-state index is 12.3. The summed E-state index contributed by atoms with van der Waals surface area (Å²) in [5.74, 6) is -1.03. The minimum absolute atomic E-state index is 0.183. The third-order valence-corrected chi connectivity index (χ3v) is 10.3. The molecule has 0 aliphatic heterocycles. The van der Waals surface area contributed by atoms with Crippen molar-refractivity contribution in [3.05, 3.63) is 24.3 Å². The Hall–Kier alpha value is -1.55. The zero-order valence-corrected chi connectivity index (χ0v) is 35.3. The van der Waals surface area contributed by atoms with Crippen molar-refractivity contribution in [2.45, 2.75) is 212 Å². The first-order chi connectivity index (χ1) is 26.3. The van der Waals surface area contributed by atoms with Crippen molar-refractivity contribution in [3.8, 4) is 0 Å². The van der Waals surface area contributed by atoms with E-state index >= 15 is 0 Å². The van der Waals surface area contributed by atoms with E-state index in [2.05, 4.69) is 38.2 Å². The summed E-state index contributed by atoms with van der Waals surface area (Å²) in [6.07, 6.45) is 38.7. The topological polar surface area (TPSA) is 149 Å². The van der Waals surface area contributed by atoms with Crippen LogP contribution in [0, 0.1) is 0 Å². The summed E-state index contributed by atoms with van der Waals surface area (Å²) in [6, 6.07) is 0. The van der Waals surface area contributed by atoms with E-state index in [4.69, 9.17) is 18.5 Å². The monoisotopic (exact) mass is 789 g/mol. The lowest BCUT2D eigenvalue weighted by molar-refractivity contribution is -0.153. The van der Waals surface area contributed by atoms with Crippen LogP contribution >= 0.6 is 7.82 Å². The number of hydrogen-bond donors (Lipinski definition) is 3. The number of carbonyl (C=O) groups excluding carboxylic acids is 2.